The van der Waals surface area contributed by atoms with E-state index >= 15 is 0 Å². The number of rotatable bonds is 4. The molecule has 0 unspecified atom stereocenters. The molecule has 1 aliphatic rings. The molecule has 3 heterocycles. The van der Waals surface area contributed by atoms with E-state index in [0.717, 1.165) is 53.9 Å². The second-order valence-corrected chi connectivity index (χ2v) is 6.87. The van der Waals surface area contributed by atoms with E-state index in [0.29, 0.717) is 5.82 Å². The van der Waals surface area contributed by atoms with Crippen molar-refractivity contribution in [1.29, 1.82) is 0 Å². The molecule has 2 aromatic heterocycles. The highest BCUT2D eigenvalue weighted by Crippen LogP contribution is 2.21. The van der Waals surface area contributed by atoms with Gasteiger partial charge in [-0.1, -0.05) is 18.2 Å². The lowest BCUT2D eigenvalue weighted by atomic mass is 10.1. The Balaban J connectivity index is 1.70. The molecule has 142 valence electrons. The number of benzene rings is 1. The summed E-state index contributed by atoms with van der Waals surface area (Å²) in [7, 11) is 1.36. The molecule has 0 aliphatic carbocycles. The SMILES string of the molecule is COC(=O)c1cc(N2CCCC2)nc(/C=C/c2cc(C)c3ccccc3n2)n1. The highest BCUT2D eigenvalue weighted by molar-refractivity contribution is 5.88. The molecule has 6 nitrogen and oxygen atoms in total. The first-order valence-corrected chi connectivity index (χ1v) is 9.41. The van der Waals surface area contributed by atoms with E-state index in [1.165, 1.54) is 7.11 Å². The Bertz CT molecular complexity index is 1060. The highest BCUT2D eigenvalue weighted by atomic mass is 16.5. The lowest BCUT2D eigenvalue weighted by Crippen LogP contribution is -2.20. The second-order valence-electron chi connectivity index (χ2n) is 6.87. The van der Waals surface area contributed by atoms with Gasteiger partial charge in [-0.05, 0) is 49.6 Å². The number of esters is 1. The molecule has 4 rings (SSSR count). The summed E-state index contributed by atoms with van der Waals surface area (Å²) in [6, 6.07) is 11.8. The van der Waals surface area contributed by atoms with Gasteiger partial charge in [-0.15, -0.1) is 0 Å². The third kappa shape index (κ3) is 3.71. The number of carbonyl (C=O) groups is 1. The molecule has 1 fully saturated rings. The molecule has 1 aromatic carbocycles. The van der Waals surface area contributed by atoms with Crippen molar-refractivity contribution in [2.75, 3.05) is 25.1 Å². The summed E-state index contributed by atoms with van der Waals surface area (Å²) in [5, 5.41) is 1.14. The Morgan fingerprint density at radius 3 is 2.64 bits per heavy atom. The van der Waals surface area contributed by atoms with Crippen LogP contribution < -0.4 is 4.90 Å². The van der Waals surface area contributed by atoms with Crippen molar-refractivity contribution in [3.8, 4) is 0 Å². The maximum atomic E-state index is 12.0. The van der Waals surface area contributed by atoms with Crippen LogP contribution in [0.25, 0.3) is 23.1 Å². The highest BCUT2D eigenvalue weighted by Gasteiger charge is 2.18. The maximum Gasteiger partial charge on any atom is 0.356 e. The predicted molar refractivity (Wildman–Crippen MR) is 110 cm³/mol. The summed E-state index contributed by atoms with van der Waals surface area (Å²) in [6.45, 7) is 3.94. The molecule has 0 spiro atoms. The Morgan fingerprint density at radius 2 is 1.86 bits per heavy atom. The minimum atomic E-state index is -0.461. The van der Waals surface area contributed by atoms with Crippen LogP contribution in [-0.2, 0) is 4.74 Å². The Labute approximate surface area is 163 Å². The fourth-order valence-corrected chi connectivity index (χ4v) is 3.47. The van der Waals surface area contributed by atoms with E-state index in [1.54, 1.807) is 12.1 Å². The van der Waals surface area contributed by atoms with Gasteiger partial charge in [0.05, 0.1) is 18.3 Å². The number of ether oxygens (including phenoxy) is 1. The summed E-state index contributed by atoms with van der Waals surface area (Å²) in [5.74, 6) is 0.768. The van der Waals surface area contributed by atoms with Crippen LogP contribution in [0.5, 0.6) is 0 Å². The van der Waals surface area contributed by atoms with E-state index in [2.05, 4.69) is 32.8 Å². The van der Waals surface area contributed by atoms with Crippen LogP contribution in [0.1, 0.15) is 40.4 Å². The van der Waals surface area contributed by atoms with Crippen molar-refractivity contribution >= 4 is 34.8 Å². The molecule has 0 radical (unpaired) electrons. The summed E-state index contributed by atoms with van der Waals surface area (Å²) in [5.41, 5.74) is 3.20. The van der Waals surface area contributed by atoms with Crippen LogP contribution in [0.4, 0.5) is 5.82 Å². The molecule has 0 amide bonds. The van der Waals surface area contributed by atoms with Crippen LogP contribution in [0.15, 0.2) is 36.4 Å². The number of methoxy groups -OCH3 is 1. The van der Waals surface area contributed by atoms with Crippen LogP contribution in [0, 0.1) is 6.92 Å². The molecule has 3 aromatic rings. The normalized spacial score (nSPS) is 14.1. The molecule has 0 bridgehead atoms. The van der Waals surface area contributed by atoms with Crippen molar-refractivity contribution in [2.45, 2.75) is 19.8 Å². The van der Waals surface area contributed by atoms with Gasteiger partial charge in [-0.2, -0.15) is 0 Å². The van der Waals surface area contributed by atoms with Gasteiger partial charge >= 0.3 is 5.97 Å². The third-order valence-electron chi connectivity index (χ3n) is 4.90. The van der Waals surface area contributed by atoms with E-state index in [4.69, 9.17) is 4.74 Å². The van der Waals surface area contributed by atoms with Gasteiger partial charge in [-0.25, -0.2) is 19.7 Å². The monoisotopic (exact) mass is 374 g/mol. The van der Waals surface area contributed by atoms with Crippen molar-refractivity contribution in [3.05, 3.63) is 59.2 Å². The number of nitrogens with zero attached hydrogens (tertiary/aromatic N) is 4. The molecule has 0 N–H and O–H groups in total. The van der Waals surface area contributed by atoms with Gasteiger partial charge in [0.2, 0.25) is 0 Å². The maximum absolute atomic E-state index is 12.0. The van der Waals surface area contributed by atoms with Gasteiger partial charge in [0, 0.05) is 24.5 Å². The van der Waals surface area contributed by atoms with E-state index in [-0.39, 0.29) is 5.69 Å². The number of pyridine rings is 1. The number of para-hydroxylation sites is 1. The first-order valence-electron chi connectivity index (χ1n) is 9.41. The Morgan fingerprint density at radius 1 is 1.07 bits per heavy atom. The number of hydrogen-bond donors (Lipinski definition) is 0. The number of aryl methyl sites for hydroxylation is 1. The molecule has 6 heteroatoms. The van der Waals surface area contributed by atoms with Crippen LogP contribution >= 0.6 is 0 Å². The summed E-state index contributed by atoms with van der Waals surface area (Å²) < 4.78 is 4.85. The fourth-order valence-electron chi connectivity index (χ4n) is 3.47. The molecule has 1 saturated heterocycles. The van der Waals surface area contributed by atoms with Gasteiger partial charge < -0.3 is 9.64 Å². The molecule has 1 aliphatic heterocycles. The zero-order valence-electron chi connectivity index (χ0n) is 16.1. The second kappa shape index (κ2) is 7.76. The smallest absolute Gasteiger partial charge is 0.356 e. The number of hydrogen-bond acceptors (Lipinski definition) is 6. The topological polar surface area (TPSA) is 68.2 Å². The fraction of sp³-hybridized carbons (Fsp3) is 0.273. The number of anilines is 1. The zero-order valence-corrected chi connectivity index (χ0v) is 16.1. The van der Waals surface area contributed by atoms with Crippen LogP contribution in [0.2, 0.25) is 0 Å². The Kier molecular flexibility index (Phi) is 5.02. The largest absolute Gasteiger partial charge is 0.464 e. The average molecular weight is 374 g/mol. The van der Waals surface area contributed by atoms with E-state index < -0.39 is 5.97 Å². The minimum absolute atomic E-state index is 0.265. The number of carbonyl (C=O) groups excluding carboxylic acids is 1. The minimum Gasteiger partial charge on any atom is -0.464 e. The molecule has 0 atom stereocenters. The van der Waals surface area contributed by atoms with Gasteiger partial charge in [-0.3, -0.25) is 0 Å². The number of aromatic nitrogens is 3. The van der Waals surface area contributed by atoms with E-state index in [9.17, 15) is 4.79 Å². The summed E-state index contributed by atoms with van der Waals surface area (Å²) in [4.78, 5) is 27.9. The molecular weight excluding hydrogens is 352 g/mol. The zero-order chi connectivity index (χ0) is 19.5. The van der Waals surface area contributed by atoms with Crippen LogP contribution in [-0.4, -0.2) is 41.1 Å². The molecule has 28 heavy (non-hydrogen) atoms. The predicted octanol–water partition coefficient (Wildman–Crippen LogP) is 3.89. The van der Waals surface area contributed by atoms with E-state index in [1.807, 2.05) is 30.3 Å². The average Bonchev–Trinajstić information content (AvgIpc) is 3.26. The van der Waals surface area contributed by atoms with Crippen molar-refractivity contribution in [2.24, 2.45) is 0 Å². The standard InChI is InChI=1S/C22H22N4O2/c1-15-13-16(23-18-8-4-3-7-17(15)18)9-10-20-24-19(22(27)28-2)14-21(25-20)26-11-5-6-12-26/h3-4,7-10,13-14H,5-6,11-12H2,1-2H3/b10-9+. The van der Waals surface area contributed by atoms with Gasteiger partial charge in [0.25, 0.3) is 0 Å². The Hall–Kier alpha value is -3.28. The van der Waals surface area contributed by atoms with Crippen molar-refractivity contribution in [3.63, 3.8) is 0 Å². The summed E-state index contributed by atoms with van der Waals surface area (Å²) >= 11 is 0. The first-order chi connectivity index (χ1) is 13.6. The van der Waals surface area contributed by atoms with Crippen LogP contribution in [0.3, 0.4) is 0 Å². The first kappa shape index (κ1) is 18.1. The van der Waals surface area contributed by atoms with Crippen molar-refractivity contribution < 1.29 is 9.53 Å². The quantitative estimate of drug-likeness (QED) is 0.646. The number of fused-ring (bicyclic) bond motifs is 1. The van der Waals surface area contributed by atoms with Crippen molar-refractivity contribution in [1.82, 2.24) is 15.0 Å². The summed E-state index contributed by atoms with van der Waals surface area (Å²) in [6.07, 6.45) is 5.93. The third-order valence-corrected chi connectivity index (χ3v) is 4.90. The van der Waals surface area contributed by atoms with Gasteiger partial charge in [0.1, 0.15) is 5.82 Å². The lowest BCUT2D eigenvalue weighted by molar-refractivity contribution is 0.0593. The molecule has 0 saturated carbocycles. The van der Waals surface area contributed by atoms with Gasteiger partial charge in [0.15, 0.2) is 11.5 Å². The lowest BCUT2D eigenvalue weighted by Gasteiger charge is -2.17. The molecular formula is C22H22N4O2.